The third-order valence-corrected chi connectivity index (χ3v) is 2.91. The third kappa shape index (κ3) is 2.92. The van der Waals surface area contributed by atoms with E-state index in [0.29, 0.717) is 0 Å². The molecule has 0 aliphatic heterocycles. The van der Waals surface area contributed by atoms with Crippen LogP contribution in [0.2, 0.25) is 0 Å². The van der Waals surface area contributed by atoms with Gasteiger partial charge in [-0.25, -0.2) is 4.68 Å². The van der Waals surface area contributed by atoms with Crippen LogP contribution in [0.25, 0.3) is 5.69 Å². The first-order valence-electron chi connectivity index (χ1n) is 5.58. The molecule has 4 nitrogen and oxygen atoms in total. The quantitative estimate of drug-likeness (QED) is 0.942. The summed E-state index contributed by atoms with van der Waals surface area (Å²) < 4.78 is 2.91. The molecule has 2 rings (SSSR count). The maximum absolute atomic E-state index is 4.13. The van der Waals surface area contributed by atoms with Gasteiger partial charge in [0.15, 0.2) is 0 Å². The van der Waals surface area contributed by atoms with E-state index >= 15 is 0 Å². The smallest absolute Gasteiger partial charge is 0.0783 e. The lowest BCUT2D eigenvalue weighted by Crippen LogP contribution is -2.15. The van der Waals surface area contributed by atoms with Gasteiger partial charge in [0.25, 0.3) is 0 Å². The first-order valence-corrected chi connectivity index (χ1v) is 6.38. The van der Waals surface area contributed by atoms with E-state index in [9.17, 15) is 0 Å². The van der Waals surface area contributed by atoms with Gasteiger partial charge >= 0.3 is 0 Å². The standard InChI is InChI=1S/C12H15BrN4/c1-3-14-7-12-8-15-16-17(12)11-5-9(2)4-10(13)6-11/h4-6,8,14H,3,7H2,1-2H3. The van der Waals surface area contributed by atoms with Gasteiger partial charge in [-0.15, -0.1) is 5.10 Å². The minimum Gasteiger partial charge on any atom is -0.311 e. The summed E-state index contributed by atoms with van der Waals surface area (Å²) >= 11 is 3.50. The van der Waals surface area contributed by atoms with Crippen LogP contribution in [-0.2, 0) is 6.54 Å². The molecule has 0 unspecified atom stereocenters. The Balaban J connectivity index is 2.35. The highest BCUT2D eigenvalue weighted by molar-refractivity contribution is 9.10. The molecule has 1 aromatic carbocycles. The molecule has 1 heterocycles. The van der Waals surface area contributed by atoms with Crippen molar-refractivity contribution in [2.75, 3.05) is 6.54 Å². The van der Waals surface area contributed by atoms with E-state index < -0.39 is 0 Å². The number of halogens is 1. The number of nitrogens with one attached hydrogen (secondary N) is 1. The van der Waals surface area contributed by atoms with Crippen molar-refractivity contribution < 1.29 is 0 Å². The Morgan fingerprint density at radius 3 is 2.88 bits per heavy atom. The number of nitrogens with zero attached hydrogens (tertiary/aromatic N) is 3. The molecular formula is C12H15BrN4. The Morgan fingerprint density at radius 2 is 2.18 bits per heavy atom. The number of hydrogen-bond donors (Lipinski definition) is 1. The van der Waals surface area contributed by atoms with Gasteiger partial charge in [-0.3, -0.25) is 0 Å². The normalized spacial score (nSPS) is 10.8. The molecule has 0 bridgehead atoms. The Morgan fingerprint density at radius 1 is 1.35 bits per heavy atom. The van der Waals surface area contributed by atoms with Gasteiger partial charge < -0.3 is 5.32 Å². The van der Waals surface area contributed by atoms with Crippen molar-refractivity contribution in [1.29, 1.82) is 0 Å². The summed E-state index contributed by atoms with van der Waals surface area (Å²) in [5.41, 5.74) is 3.28. The Bertz CT molecular complexity index is 487. The molecule has 0 radical (unpaired) electrons. The molecule has 0 atom stereocenters. The van der Waals surface area contributed by atoms with Crippen molar-refractivity contribution in [3.8, 4) is 5.69 Å². The fourth-order valence-electron chi connectivity index (χ4n) is 1.69. The number of hydrogen-bond acceptors (Lipinski definition) is 3. The first-order chi connectivity index (χ1) is 8.20. The van der Waals surface area contributed by atoms with Crippen LogP contribution in [0.3, 0.4) is 0 Å². The van der Waals surface area contributed by atoms with Crippen molar-refractivity contribution in [3.63, 3.8) is 0 Å². The van der Waals surface area contributed by atoms with Gasteiger partial charge in [-0.1, -0.05) is 28.1 Å². The van der Waals surface area contributed by atoms with Crippen LogP contribution in [0, 0.1) is 6.92 Å². The van der Waals surface area contributed by atoms with E-state index in [-0.39, 0.29) is 0 Å². The second-order valence-corrected chi connectivity index (χ2v) is 4.82. The molecule has 0 aliphatic carbocycles. The van der Waals surface area contributed by atoms with E-state index in [1.165, 1.54) is 5.56 Å². The lowest BCUT2D eigenvalue weighted by molar-refractivity contribution is 0.672. The summed E-state index contributed by atoms with van der Waals surface area (Å²) in [5.74, 6) is 0. The zero-order valence-electron chi connectivity index (χ0n) is 9.94. The summed E-state index contributed by atoms with van der Waals surface area (Å²) in [7, 11) is 0. The van der Waals surface area contributed by atoms with Gasteiger partial charge in [0, 0.05) is 11.0 Å². The van der Waals surface area contributed by atoms with E-state index in [1.807, 2.05) is 10.7 Å². The Kier molecular flexibility index (Phi) is 3.91. The van der Waals surface area contributed by atoms with Crippen LogP contribution in [0.5, 0.6) is 0 Å². The molecular weight excluding hydrogens is 280 g/mol. The summed E-state index contributed by atoms with van der Waals surface area (Å²) in [4.78, 5) is 0. The predicted molar refractivity (Wildman–Crippen MR) is 71.2 cm³/mol. The molecule has 0 fully saturated rings. The van der Waals surface area contributed by atoms with E-state index in [0.717, 1.165) is 28.9 Å². The largest absolute Gasteiger partial charge is 0.311 e. The number of aromatic nitrogens is 3. The minimum absolute atomic E-state index is 0.773. The predicted octanol–water partition coefficient (Wildman–Crippen LogP) is 2.45. The number of aryl methyl sites for hydroxylation is 1. The second-order valence-electron chi connectivity index (χ2n) is 3.90. The maximum atomic E-state index is 4.13. The summed E-state index contributed by atoms with van der Waals surface area (Å²) in [6.07, 6.45) is 1.79. The minimum atomic E-state index is 0.773. The first kappa shape index (κ1) is 12.3. The third-order valence-electron chi connectivity index (χ3n) is 2.45. The molecule has 90 valence electrons. The van der Waals surface area contributed by atoms with E-state index in [4.69, 9.17) is 0 Å². The summed E-state index contributed by atoms with van der Waals surface area (Å²) in [5, 5.41) is 11.4. The summed E-state index contributed by atoms with van der Waals surface area (Å²) in [6.45, 7) is 5.85. The Labute approximate surface area is 109 Å². The van der Waals surface area contributed by atoms with Crippen molar-refractivity contribution in [2.24, 2.45) is 0 Å². The number of rotatable bonds is 4. The second kappa shape index (κ2) is 5.42. The monoisotopic (exact) mass is 294 g/mol. The molecule has 0 amide bonds. The topological polar surface area (TPSA) is 42.7 Å². The van der Waals surface area contributed by atoms with Crippen LogP contribution in [0.4, 0.5) is 0 Å². The molecule has 1 N–H and O–H groups in total. The number of benzene rings is 1. The van der Waals surface area contributed by atoms with Crippen LogP contribution >= 0.6 is 15.9 Å². The van der Waals surface area contributed by atoms with Crippen molar-refractivity contribution >= 4 is 15.9 Å². The zero-order valence-corrected chi connectivity index (χ0v) is 11.5. The van der Waals surface area contributed by atoms with Gasteiger partial charge in [0.2, 0.25) is 0 Å². The fraction of sp³-hybridized carbons (Fsp3) is 0.333. The van der Waals surface area contributed by atoms with E-state index in [1.54, 1.807) is 6.20 Å². The molecule has 0 spiro atoms. The van der Waals surface area contributed by atoms with Gasteiger partial charge in [-0.2, -0.15) is 0 Å². The highest BCUT2D eigenvalue weighted by Crippen LogP contribution is 2.18. The molecule has 0 saturated carbocycles. The molecule has 17 heavy (non-hydrogen) atoms. The Hall–Kier alpha value is -1.20. The molecule has 0 aliphatic rings. The highest BCUT2D eigenvalue weighted by atomic mass is 79.9. The van der Waals surface area contributed by atoms with E-state index in [2.05, 4.69) is 57.5 Å². The van der Waals surface area contributed by atoms with Crippen LogP contribution in [0.1, 0.15) is 18.2 Å². The van der Waals surface area contributed by atoms with Crippen LogP contribution in [-0.4, -0.2) is 21.5 Å². The fourth-order valence-corrected chi connectivity index (χ4v) is 2.28. The molecule has 0 saturated heterocycles. The van der Waals surface area contributed by atoms with Gasteiger partial charge in [-0.05, 0) is 37.2 Å². The van der Waals surface area contributed by atoms with Crippen molar-refractivity contribution in [2.45, 2.75) is 20.4 Å². The van der Waals surface area contributed by atoms with Crippen LogP contribution in [0.15, 0.2) is 28.9 Å². The maximum Gasteiger partial charge on any atom is 0.0783 e. The van der Waals surface area contributed by atoms with Crippen molar-refractivity contribution in [1.82, 2.24) is 20.3 Å². The SMILES string of the molecule is CCNCc1cnnn1-c1cc(C)cc(Br)c1. The molecule has 1 aromatic heterocycles. The lowest BCUT2D eigenvalue weighted by atomic mass is 10.2. The zero-order chi connectivity index (χ0) is 12.3. The highest BCUT2D eigenvalue weighted by Gasteiger charge is 2.06. The van der Waals surface area contributed by atoms with Gasteiger partial charge in [0.1, 0.15) is 0 Å². The molecule has 2 aromatic rings. The summed E-state index contributed by atoms with van der Waals surface area (Å²) in [6, 6.07) is 6.20. The van der Waals surface area contributed by atoms with Crippen molar-refractivity contribution in [3.05, 3.63) is 40.1 Å². The lowest BCUT2D eigenvalue weighted by Gasteiger charge is -2.08. The average molecular weight is 295 g/mol. The average Bonchev–Trinajstić information content (AvgIpc) is 2.73. The van der Waals surface area contributed by atoms with Crippen LogP contribution < -0.4 is 5.32 Å². The van der Waals surface area contributed by atoms with Gasteiger partial charge in [0.05, 0.1) is 17.6 Å². The molecule has 5 heteroatoms.